The smallest absolute Gasteiger partial charge is 0.274 e. The molecule has 0 bridgehead atoms. The molecule has 2 N–H and O–H groups in total. The van der Waals surface area contributed by atoms with Gasteiger partial charge in [0.1, 0.15) is 23.6 Å². The number of nitrogens with zero attached hydrogens (tertiary/aromatic N) is 3. The zero-order valence-corrected chi connectivity index (χ0v) is 16.0. The van der Waals surface area contributed by atoms with Gasteiger partial charge in [0.05, 0.1) is 24.0 Å². The first kappa shape index (κ1) is 18.4. The van der Waals surface area contributed by atoms with Crippen LogP contribution in [-0.2, 0) is 0 Å². The molecule has 7 heteroatoms. The van der Waals surface area contributed by atoms with E-state index in [1.165, 1.54) is 6.33 Å². The molecule has 0 aliphatic heterocycles. The third kappa shape index (κ3) is 3.98. The van der Waals surface area contributed by atoms with Crippen LogP contribution in [0.15, 0.2) is 67.1 Å². The van der Waals surface area contributed by atoms with Crippen LogP contribution in [0.25, 0.3) is 10.9 Å². The molecule has 2 heterocycles. The highest BCUT2D eigenvalue weighted by Gasteiger charge is 2.12. The molecule has 2 aromatic carbocycles. The van der Waals surface area contributed by atoms with Crippen molar-refractivity contribution in [2.45, 2.75) is 6.92 Å². The van der Waals surface area contributed by atoms with Gasteiger partial charge in [0.15, 0.2) is 0 Å². The van der Waals surface area contributed by atoms with Gasteiger partial charge in [-0.05, 0) is 36.8 Å². The molecule has 4 rings (SSSR count). The maximum absolute atomic E-state index is 12.8. The Kier molecular flexibility index (Phi) is 5.03. The third-order valence-corrected chi connectivity index (χ3v) is 4.40. The van der Waals surface area contributed by atoms with E-state index in [1.54, 1.807) is 19.4 Å². The number of rotatable bonds is 5. The predicted molar refractivity (Wildman–Crippen MR) is 113 cm³/mol. The molecule has 4 aromatic rings. The Bertz CT molecular complexity index is 1190. The largest absolute Gasteiger partial charge is 0.495 e. The van der Waals surface area contributed by atoms with Crippen molar-refractivity contribution < 1.29 is 9.53 Å². The molecule has 0 unspecified atom stereocenters. The van der Waals surface area contributed by atoms with Crippen molar-refractivity contribution in [3.63, 3.8) is 0 Å². The summed E-state index contributed by atoms with van der Waals surface area (Å²) in [6, 6.07) is 16.8. The van der Waals surface area contributed by atoms with E-state index < -0.39 is 0 Å². The number of fused-ring (bicyclic) bond motifs is 1. The number of hydrogen-bond donors (Lipinski definition) is 2. The van der Waals surface area contributed by atoms with E-state index in [2.05, 4.69) is 25.6 Å². The third-order valence-electron chi connectivity index (χ3n) is 4.40. The van der Waals surface area contributed by atoms with Crippen LogP contribution in [0.2, 0.25) is 0 Å². The molecule has 0 fully saturated rings. The standard InChI is InChI=1S/C22H19N5O2/c1-14-8-9-19(29-2)17(11-14)26-20-12-18(24-13-25-20)22(28)27-16-7-3-5-15-6-4-10-23-21(15)16/h3-13H,1-2H3,(H,27,28)(H,24,25,26). The number of aryl methyl sites for hydroxylation is 1. The van der Waals surface area contributed by atoms with Gasteiger partial charge in [-0.3, -0.25) is 9.78 Å². The fourth-order valence-corrected chi connectivity index (χ4v) is 3.00. The summed E-state index contributed by atoms with van der Waals surface area (Å²) in [5, 5.41) is 7.01. The van der Waals surface area contributed by atoms with Gasteiger partial charge in [0.25, 0.3) is 5.91 Å². The number of benzene rings is 2. The molecule has 0 saturated heterocycles. The summed E-state index contributed by atoms with van der Waals surface area (Å²) in [6.07, 6.45) is 3.04. The van der Waals surface area contributed by atoms with Crippen molar-refractivity contribution in [2.75, 3.05) is 17.7 Å². The lowest BCUT2D eigenvalue weighted by Gasteiger charge is -2.12. The number of nitrogens with one attached hydrogen (secondary N) is 2. The number of anilines is 3. The number of carbonyl (C=O) groups excluding carboxylic acids is 1. The zero-order valence-electron chi connectivity index (χ0n) is 16.0. The Morgan fingerprint density at radius 3 is 2.69 bits per heavy atom. The molecule has 7 nitrogen and oxygen atoms in total. The molecule has 0 saturated carbocycles. The van der Waals surface area contributed by atoms with Crippen LogP contribution in [0.5, 0.6) is 5.75 Å². The van der Waals surface area contributed by atoms with Crippen molar-refractivity contribution >= 4 is 34.0 Å². The lowest BCUT2D eigenvalue weighted by atomic mass is 10.2. The average Bonchev–Trinajstić information content (AvgIpc) is 2.74. The molecule has 0 aliphatic carbocycles. The van der Waals surface area contributed by atoms with E-state index in [4.69, 9.17) is 4.74 Å². The van der Waals surface area contributed by atoms with E-state index in [0.29, 0.717) is 17.3 Å². The van der Waals surface area contributed by atoms with Crippen molar-refractivity contribution in [1.29, 1.82) is 0 Å². The fraction of sp³-hybridized carbons (Fsp3) is 0.0909. The SMILES string of the molecule is COc1ccc(C)cc1Nc1cc(C(=O)Nc2cccc3cccnc23)ncn1. The van der Waals surface area contributed by atoms with E-state index in [9.17, 15) is 4.79 Å². The number of ether oxygens (including phenoxy) is 1. The molecule has 2 aromatic heterocycles. The maximum atomic E-state index is 12.8. The van der Waals surface area contributed by atoms with Crippen molar-refractivity contribution in [2.24, 2.45) is 0 Å². The topological polar surface area (TPSA) is 89.0 Å². The van der Waals surface area contributed by atoms with Crippen LogP contribution < -0.4 is 15.4 Å². The number of aromatic nitrogens is 3. The van der Waals surface area contributed by atoms with Gasteiger partial charge < -0.3 is 15.4 Å². The number of methoxy groups -OCH3 is 1. The van der Waals surface area contributed by atoms with Gasteiger partial charge in [-0.25, -0.2) is 9.97 Å². The highest BCUT2D eigenvalue weighted by molar-refractivity contribution is 6.07. The first-order valence-corrected chi connectivity index (χ1v) is 9.03. The first-order chi connectivity index (χ1) is 14.1. The Balaban J connectivity index is 1.58. The van der Waals surface area contributed by atoms with Gasteiger partial charge in [0.2, 0.25) is 0 Å². The summed E-state index contributed by atoms with van der Waals surface area (Å²) in [7, 11) is 1.60. The monoisotopic (exact) mass is 385 g/mol. The predicted octanol–water partition coefficient (Wildman–Crippen LogP) is 4.34. The van der Waals surface area contributed by atoms with Crippen LogP contribution in [0.3, 0.4) is 0 Å². The Hall–Kier alpha value is -4.00. The van der Waals surface area contributed by atoms with Crippen LogP contribution in [0, 0.1) is 6.92 Å². The Morgan fingerprint density at radius 2 is 1.83 bits per heavy atom. The molecular weight excluding hydrogens is 366 g/mol. The maximum Gasteiger partial charge on any atom is 0.274 e. The second kappa shape index (κ2) is 7.93. The quantitative estimate of drug-likeness (QED) is 0.531. The van der Waals surface area contributed by atoms with Gasteiger partial charge >= 0.3 is 0 Å². The number of carbonyl (C=O) groups is 1. The molecule has 0 radical (unpaired) electrons. The molecule has 0 aliphatic rings. The lowest BCUT2D eigenvalue weighted by molar-refractivity contribution is 0.102. The summed E-state index contributed by atoms with van der Waals surface area (Å²) in [5.41, 5.74) is 3.42. The van der Waals surface area contributed by atoms with E-state index >= 15 is 0 Å². The highest BCUT2D eigenvalue weighted by Crippen LogP contribution is 2.28. The minimum atomic E-state index is -0.343. The summed E-state index contributed by atoms with van der Waals surface area (Å²) in [4.78, 5) is 25.4. The van der Waals surface area contributed by atoms with Crippen LogP contribution in [-0.4, -0.2) is 28.0 Å². The van der Waals surface area contributed by atoms with Gasteiger partial charge in [-0.2, -0.15) is 0 Å². The van der Waals surface area contributed by atoms with Gasteiger partial charge in [-0.1, -0.05) is 24.3 Å². The molecular formula is C22H19N5O2. The fourth-order valence-electron chi connectivity index (χ4n) is 3.00. The van der Waals surface area contributed by atoms with Crippen LogP contribution >= 0.6 is 0 Å². The highest BCUT2D eigenvalue weighted by atomic mass is 16.5. The van der Waals surface area contributed by atoms with Gasteiger partial charge in [-0.15, -0.1) is 0 Å². The average molecular weight is 385 g/mol. The lowest BCUT2D eigenvalue weighted by Crippen LogP contribution is -2.14. The Morgan fingerprint density at radius 1 is 0.966 bits per heavy atom. The summed E-state index contributed by atoms with van der Waals surface area (Å²) >= 11 is 0. The summed E-state index contributed by atoms with van der Waals surface area (Å²) in [6.45, 7) is 1.99. The molecule has 144 valence electrons. The second-order valence-electron chi connectivity index (χ2n) is 6.45. The molecule has 1 amide bonds. The van der Waals surface area contributed by atoms with Crippen LogP contribution in [0.4, 0.5) is 17.2 Å². The number of amides is 1. The summed E-state index contributed by atoms with van der Waals surface area (Å²) in [5.74, 6) is 0.831. The van der Waals surface area contributed by atoms with Crippen molar-refractivity contribution in [3.05, 3.63) is 78.4 Å². The second-order valence-corrected chi connectivity index (χ2v) is 6.45. The van der Waals surface area contributed by atoms with Crippen molar-refractivity contribution in [1.82, 2.24) is 15.0 Å². The summed E-state index contributed by atoms with van der Waals surface area (Å²) < 4.78 is 5.38. The van der Waals surface area contributed by atoms with E-state index in [0.717, 1.165) is 22.2 Å². The molecule has 29 heavy (non-hydrogen) atoms. The number of hydrogen-bond acceptors (Lipinski definition) is 6. The first-order valence-electron chi connectivity index (χ1n) is 9.03. The van der Waals surface area contributed by atoms with E-state index in [1.807, 2.05) is 55.5 Å². The minimum Gasteiger partial charge on any atom is -0.495 e. The minimum absolute atomic E-state index is 0.238. The van der Waals surface area contributed by atoms with Crippen LogP contribution in [0.1, 0.15) is 16.1 Å². The van der Waals surface area contributed by atoms with Gasteiger partial charge in [0, 0.05) is 17.6 Å². The van der Waals surface area contributed by atoms with E-state index in [-0.39, 0.29) is 11.6 Å². The Labute approximate surface area is 167 Å². The van der Waals surface area contributed by atoms with Crippen molar-refractivity contribution in [3.8, 4) is 5.75 Å². The number of pyridine rings is 1. The molecule has 0 spiro atoms. The zero-order chi connectivity index (χ0) is 20.2. The number of para-hydroxylation sites is 1. The normalized spacial score (nSPS) is 10.6. The molecule has 0 atom stereocenters.